The molecular weight excluding hydrogens is 250 g/mol. The monoisotopic (exact) mass is 267 g/mol. The minimum absolute atomic E-state index is 0.511. The summed E-state index contributed by atoms with van der Waals surface area (Å²) in [5, 5.41) is 13.4. The zero-order valence-corrected chi connectivity index (χ0v) is 11.2. The maximum Gasteiger partial charge on any atom is 0.328 e. The summed E-state index contributed by atoms with van der Waals surface area (Å²) in [6, 6.07) is 7.06. The number of carboxylic acid groups (broad SMARTS) is 1. The number of halogens is 1. The van der Waals surface area contributed by atoms with E-state index < -0.39 is 11.5 Å². The molecule has 0 aromatic heterocycles. The average molecular weight is 268 g/mol. The minimum atomic E-state index is -0.993. The number of nitrogens with one attached hydrogen (secondary N) is 1. The average Bonchev–Trinajstić information content (AvgIpc) is 3.16. The number of carboxylic acids is 1. The molecule has 2 rings (SSSR count). The van der Waals surface area contributed by atoms with Crippen molar-refractivity contribution in [2.24, 2.45) is 5.92 Å². The molecule has 0 bridgehead atoms. The van der Waals surface area contributed by atoms with E-state index in [1.807, 2.05) is 6.92 Å². The van der Waals surface area contributed by atoms with Crippen molar-refractivity contribution in [2.45, 2.75) is 31.7 Å². The Hall–Kier alpha value is -1.06. The highest BCUT2D eigenvalue weighted by atomic mass is 35.5. The molecule has 1 aromatic carbocycles. The molecule has 1 atom stereocenters. The van der Waals surface area contributed by atoms with Crippen LogP contribution < -0.4 is 5.32 Å². The van der Waals surface area contributed by atoms with Gasteiger partial charge in [0.1, 0.15) is 5.54 Å². The second-order valence-corrected chi connectivity index (χ2v) is 5.33. The van der Waals surface area contributed by atoms with Crippen molar-refractivity contribution < 1.29 is 9.90 Å². The van der Waals surface area contributed by atoms with E-state index >= 15 is 0 Å². The van der Waals surface area contributed by atoms with Gasteiger partial charge in [0.05, 0.1) is 0 Å². The third kappa shape index (κ3) is 2.68. The zero-order chi connectivity index (χ0) is 13.2. The van der Waals surface area contributed by atoms with Crippen LogP contribution in [-0.2, 0) is 10.3 Å². The number of carbonyl (C=O) groups is 1. The Labute approximate surface area is 112 Å². The molecule has 1 aliphatic carbocycles. The van der Waals surface area contributed by atoms with Crippen LogP contribution in [0.2, 0.25) is 5.02 Å². The van der Waals surface area contributed by atoms with Gasteiger partial charge < -0.3 is 5.11 Å². The Kier molecular flexibility index (Phi) is 3.93. The van der Waals surface area contributed by atoms with E-state index in [4.69, 9.17) is 11.6 Å². The smallest absolute Gasteiger partial charge is 0.328 e. The van der Waals surface area contributed by atoms with Crippen molar-refractivity contribution in [3.63, 3.8) is 0 Å². The maximum absolute atomic E-state index is 11.7. The topological polar surface area (TPSA) is 49.3 Å². The van der Waals surface area contributed by atoms with E-state index in [-0.39, 0.29) is 0 Å². The molecule has 4 heteroatoms. The standard InChI is InChI=1S/C14H18ClNO2/c1-2-14(13(17)18,16-9-10-3-4-10)11-5-7-12(15)8-6-11/h5-8,10,16H,2-4,9H2,1H3,(H,17,18). The zero-order valence-electron chi connectivity index (χ0n) is 10.4. The number of hydrogen-bond donors (Lipinski definition) is 2. The summed E-state index contributed by atoms with van der Waals surface area (Å²) in [6.45, 7) is 2.66. The normalized spacial score (nSPS) is 18.3. The number of rotatable bonds is 6. The maximum atomic E-state index is 11.7. The Morgan fingerprint density at radius 2 is 2.06 bits per heavy atom. The summed E-state index contributed by atoms with van der Waals surface area (Å²) in [6.07, 6.45) is 2.91. The van der Waals surface area contributed by atoms with Crippen LogP contribution in [0.5, 0.6) is 0 Å². The van der Waals surface area contributed by atoms with Crippen molar-refractivity contribution in [3.8, 4) is 0 Å². The Morgan fingerprint density at radius 1 is 1.44 bits per heavy atom. The molecule has 18 heavy (non-hydrogen) atoms. The van der Waals surface area contributed by atoms with Crippen LogP contribution in [0.4, 0.5) is 0 Å². The van der Waals surface area contributed by atoms with Gasteiger partial charge in [-0.25, -0.2) is 4.79 Å². The van der Waals surface area contributed by atoms with E-state index in [2.05, 4.69) is 5.32 Å². The van der Waals surface area contributed by atoms with Gasteiger partial charge in [-0.05, 0) is 49.4 Å². The molecule has 0 saturated heterocycles. The van der Waals surface area contributed by atoms with Gasteiger partial charge in [-0.2, -0.15) is 0 Å². The lowest BCUT2D eigenvalue weighted by molar-refractivity contribution is -0.145. The van der Waals surface area contributed by atoms with Crippen LogP contribution in [0.3, 0.4) is 0 Å². The molecule has 2 N–H and O–H groups in total. The largest absolute Gasteiger partial charge is 0.480 e. The molecule has 0 spiro atoms. The fourth-order valence-electron chi connectivity index (χ4n) is 2.16. The van der Waals surface area contributed by atoms with Gasteiger partial charge in [-0.3, -0.25) is 5.32 Å². The van der Waals surface area contributed by atoms with Crippen molar-refractivity contribution in [1.82, 2.24) is 5.32 Å². The fourth-order valence-corrected chi connectivity index (χ4v) is 2.28. The van der Waals surface area contributed by atoms with Gasteiger partial charge in [0.2, 0.25) is 0 Å². The summed E-state index contributed by atoms with van der Waals surface area (Å²) < 4.78 is 0. The van der Waals surface area contributed by atoms with E-state index in [0.717, 1.165) is 12.1 Å². The molecule has 1 unspecified atom stereocenters. The molecule has 98 valence electrons. The number of aliphatic carboxylic acids is 1. The first-order valence-corrected chi connectivity index (χ1v) is 6.71. The Bertz CT molecular complexity index is 428. The SMILES string of the molecule is CCC(NCC1CC1)(C(=O)O)c1ccc(Cl)cc1. The Balaban J connectivity index is 2.26. The first-order valence-electron chi connectivity index (χ1n) is 6.33. The number of benzene rings is 1. The quantitative estimate of drug-likeness (QED) is 0.833. The highest BCUT2D eigenvalue weighted by molar-refractivity contribution is 6.30. The van der Waals surface area contributed by atoms with Crippen molar-refractivity contribution in [2.75, 3.05) is 6.54 Å². The van der Waals surface area contributed by atoms with Crippen molar-refractivity contribution in [1.29, 1.82) is 0 Å². The van der Waals surface area contributed by atoms with Crippen LogP contribution in [0.1, 0.15) is 31.7 Å². The lowest BCUT2D eigenvalue weighted by Gasteiger charge is -2.30. The summed E-state index contributed by atoms with van der Waals surface area (Å²) >= 11 is 5.85. The predicted molar refractivity (Wildman–Crippen MR) is 71.8 cm³/mol. The molecule has 1 aliphatic rings. The van der Waals surface area contributed by atoms with Gasteiger partial charge >= 0.3 is 5.97 Å². The predicted octanol–water partition coefficient (Wildman–Crippen LogP) is 3.03. The van der Waals surface area contributed by atoms with Crippen molar-refractivity contribution >= 4 is 17.6 Å². The van der Waals surface area contributed by atoms with E-state index in [1.54, 1.807) is 24.3 Å². The van der Waals surface area contributed by atoms with E-state index in [0.29, 0.717) is 17.4 Å². The molecule has 1 saturated carbocycles. The van der Waals surface area contributed by atoms with E-state index in [1.165, 1.54) is 12.8 Å². The lowest BCUT2D eigenvalue weighted by Crippen LogP contribution is -2.49. The number of hydrogen-bond acceptors (Lipinski definition) is 2. The first kappa shape index (κ1) is 13.4. The summed E-state index contributed by atoms with van der Waals surface area (Å²) in [7, 11) is 0. The lowest BCUT2D eigenvalue weighted by atomic mass is 9.87. The summed E-state index contributed by atoms with van der Waals surface area (Å²) in [5.74, 6) is -0.185. The van der Waals surface area contributed by atoms with Crippen LogP contribution in [-0.4, -0.2) is 17.6 Å². The minimum Gasteiger partial charge on any atom is -0.480 e. The van der Waals surface area contributed by atoms with Crippen LogP contribution in [0.25, 0.3) is 0 Å². The van der Waals surface area contributed by atoms with Crippen LogP contribution >= 0.6 is 11.6 Å². The molecule has 1 aromatic rings. The molecule has 3 nitrogen and oxygen atoms in total. The molecule has 0 amide bonds. The fraction of sp³-hybridized carbons (Fsp3) is 0.500. The van der Waals surface area contributed by atoms with Crippen molar-refractivity contribution in [3.05, 3.63) is 34.9 Å². The van der Waals surface area contributed by atoms with Gasteiger partial charge in [-0.1, -0.05) is 30.7 Å². The van der Waals surface area contributed by atoms with E-state index in [9.17, 15) is 9.90 Å². The van der Waals surface area contributed by atoms with Gasteiger partial charge in [0.25, 0.3) is 0 Å². The molecule has 1 fully saturated rings. The van der Waals surface area contributed by atoms with Gasteiger partial charge in [0, 0.05) is 5.02 Å². The van der Waals surface area contributed by atoms with Gasteiger partial charge in [-0.15, -0.1) is 0 Å². The van der Waals surface area contributed by atoms with Gasteiger partial charge in [0.15, 0.2) is 0 Å². The third-order valence-corrected chi connectivity index (χ3v) is 3.87. The van der Waals surface area contributed by atoms with Crippen LogP contribution in [0, 0.1) is 5.92 Å². The molecular formula is C14H18ClNO2. The second-order valence-electron chi connectivity index (χ2n) is 4.90. The second kappa shape index (κ2) is 5.29. The molecule has 0 heterocycles. The highest BCUT2D eigenvalue weighted by Gasteiger charge is 2.39. The van der Waals surface area contributed by atoms with Crippen LogP contribution in [0.15, 0.2) is 24.3 Å². The molecule has 0 radical (unpaired) electrons. The highest BCUT2D eigenvalue weighted by Crippen LogP contribution is 2.32. The molecule has 0 aliphatic heterocycles. The summed E-state index contributed by atoms with van der Waals surface area (Å²) in [5.41, 5.74) is -0.227. The first-order chi connectivity index (χ1) is 8.58. The third-order valence-electron chi connectivity index (χ3n) is 3.62. The summed E-state index contributed by atoms with van der Waals surface area (Å²) in [4.78, 5) is 11.7. The Morgan fingerprint density at radius 3 is 2.50 bits per heavy atom.